The smallest absolute Gasteiger partial charge is 0.220 e. The van der Waals surface area contributed by atoms with E-state index in [0.717, 1.165) is 6.42 Å². The summed E-state index contributed by atoms with van der Waals surface area (Å²) in [5.41, 5.74) is 0. The number of Topliss-reactive ketones (excluding diaryl/α,β-unsaturated/α-hetero) is 1. The second-order valence-electron chi connectivity index (χ2n) is 2.59. The first kappa shape index (κ1) is 10.1. The lowest BCUT2D eigenvalue weighted by Crippen LogP contribution is -2.23. The lowest BCUT2D eigenvalue weighted by Gasteiger charge is -2.08. The van der Waals surface area contributed by atoms with Gasteiger partial charge in [0.1, 0.15) is 5.78 Å². The number of rotatable bonds is 4. The minimum absolute atomic E-state index is 0.0629. The molecular formula is C8H15NO2. The van der Waals surface area contributed by atoms with Gasteiger partial charge in [-0.25, -0.2) is 0 Å². The van der Waals surface area contributed by atoms with Crippen molar-refractivity contribution in [3.8, 4) is 0 Å². The Balaban J connectivity index is 3.88. The molecule has 0 heterocycles. The molecule has 0 aliphatic heterocycles. The predicted molar refractivity (Wildman–Crippen MR) is 43.1 cm³/mol. The topological polar surface area (TPSA) is 46.2 Å². The lowest BCUT2D eigenvalue weighted by molar-refractivity contribution is -0.127. The van der Waals surface area contributed by atoms with E-state index in [0.29, 0.717) is 6.42 Å². The molecule has 0 aromatic carbocycles. The summed E-state index contributed by atoms with van der Waals surface area (Å²) in [4.78, 5) is 21.7. The fourth-order valence-electron chi connectivity index (χ4n) is 0.901. The van der Waals surface area contributed by atoms with Crippen molar-refractivity contribution in [2.24, 2.45) is 5.92 Å². The quantitative estimate of drug-likeness (QED) is 0.654. The molecule has 0 spiro atoms. The van der Waals surface area contributed by atoms with Gasteiger partial charge in [-0.1, -0.05) is 6.92 Å². The van der Waals surface area contributed by atoms with Crippen LogP contribution in [0, 0.1) is 5.92 Å². The lowest BCUT2D eigenvalue weighted by atomic mass is 9.98. The van der Waals surface area contributed by atoms with Crippen molar-refractivity contribution in [2.45, 2.75) is 26.7 Å². The SMILES string of the molecule is CCC(CC(=O)NC)C(C)=O. The molecule has 0 bridgehead atoms. The standard InChI is InChI=1S/C8H15NO2/c1-4-7(6(2)10)5-8(11)9-3/h7H,4-5H2,1-3H3,(H,9,11). The summed E-state index contributed by atoms with van der Waals surface area (Å²) in [5.74, 6) is -0.0712. The minimum Gasteiger partial charge on any atom is -0.359 e. The Morgan fingerprint density at radius 1 is 1.45 bits per heavy atom. The highest BCUT2D eigenvalue weighted by atomic mass is 16.2. The van der Waals surface area contributed by atoms with Gasteiger partial charge in [-0.15, -0.1) is 0 Å². The average Bonchev–Trinajstić information content (AvgIpc) is 1.99. The molecular weight excluding hydrogens is 142 g/mol. The van der Waals surface area contributed by atoms with Crippen LogP contribution in [0.4, 0.5) is 0 Å². The van der Waals surface area contributed by atoms with Crippen LogP contribution in [0.25, 0.3) is 0 Å². The number of carbonyl (C=O) groups excluding carboxylic acids is 2. The zero-order valence-electron chi connectivity index (χ0n) is 7.31. The molecule has 1 atom stereocenters. The third-order valence-corrected chi connectivity index (χ3v) is 1.78. The van der Waals surface area contributed by atoms with Crippen molar-refractivity contribution < 1.29 is 9.59 Å². The van der Waals surface area contributed by atoms with Crippen LogP contribution in [-0.4, -0.2) is 18.7 Å². The Morgan fingerprint density at radius 2 is 2.00 bits per heavy atom. The van der Waals surface area contributed by atoms with Crippen molar-refractivity contribution >= 4 is 11.7 Å². The monoisotopic (exact) mass is 157 g/mol. The third-order valence-electron chi connectivity index (χ3n) is 1.78. The molecule has 1 amide bonds. The van der Waals surface area contributed by atoms with Gasteiger partial charge < -0.3 is 5.32 Å². The zero-order valence-corrected chi connectivity index (χ0v) is 7.31. The van der Waals surface area contributed by atoms with Gasteiger partial charge in [0.15, 0.2) is 0 Å². The number of ketones is 1. The van der Waals surface area contributed by atoms with Crippen LogP contribution in [0.1, 0.15) is 26.7 Å². The molecule has 3 heteroatoms. The molecule has 0 aliphatic rings. The molecule has 0 aromatic rings. The second-order valence-corrected chi connectivity index (χ2v) is 2.59. The van der Waals surface area contributed by atoms with Crippen LogP contribution in [0.15, 0.2) is 0 Å². The highest BCUT2D eigenvalue weighted by molar-refractivity contribution is 5.85. The number of amides is 1. The van der Waals surface area contributed by atoms with E-state index in [1.54, 1.807) is 7.05 Å². The molecule has 0 saturated carbocycles. The first-order valence-corrected chi connectivity index (χ1v) is 3.82. The van der Waals surface area contributed by atoms with Crippen molar-refractivity contribution in [3.63, 3.8) is 0 Å². The van der Waals surface area contributed by atoms with Crippen molar-refractivity contribution in [2.75, 3.05) is 7.05 Å². The molecule has 11 heavy (non-hydrogen) atoms. The summed E-state index contributed by atoms with van der Waals surface area (Å²) in [7, 11) is 1.58. The summed E-state index contributed by atoms with van der Waals surface area (Å²) in [6.45, 7) is 3.44. The van der Waals surface area contributed by atoms with Gasteiger partial charge in [0.05, 0.1) is 0 Å². The van der Waals surface area contributed by atoms with Crippen LogP contribution >= 0.6 is 0 Å². The number of hydrogen-bond donors (Lipinski definition) is 1. The van der Waals surface area contributed by atoms with E-state index in [1.807, 2.05) is 6.92 Å². The van der Waals surface area contributed by atoms with Crippen LogP contribution in [0.2, 0.25) is 0 Å². The van der Waals surface area contributed by atoms with Crippen LogP contribution in [0.3, 0.4) is 0 Å². The highest BCUT2D eigenvalue weighted by Crippen LogP contribution is 2.08. The molecule has 1 N–H and O–H groups in total. The Bertz CT molecular complexity index is 154. The Kier molecular flexibility index (Phi) is 4.50. The average molecular weight is 157 g/mol. The summed E-state index contributed by atoms with van der Waals surface area (Å²) in [6, 6.07) is 0. The Labute approximate surface area is 67.2 Å². The van der Waals surface area contributed by atoms with E-state index in [9.17, 15) is 9.59 Å². The molecule has 0 aliphatic carbocycles. The van der Waals surface area contributed by atoms with Crippen molar-refractivity contribution in [1.82, 2.24) is 5.32 Å². The van der Waals surface area contributed by atoms with Crippen molar-refractivity contribution in [1.29, 1.82) is 0 Å². The van der Waals surface area contributed by atoms with Crippen LogP contribution < -0.4 is 5.32 Å². The maximum Gasteiger partial charge on any atom is 0.220 e. The summed E-state index contributed by atoms with van der Waals surface area (Å²) in [6.07, 6.45) is 1.06. The van der Waals surface area contributed by atoms with Gasteiger partial charge >= 0.3 is 0 Å². The normalized spacial score (nSPS) is 12.3. The van der Waals surface area contributed by atoms with Gasteiger partial charge in [0.25, 0.3) is 0 Å². The summed E-state index contributed by atoms with van der Waals surface area (Å²) >= 11 is 0. The van der Waals surface area contributed by atoms with Gasteiger partial charge in [-0.05, 0) is 13.3 Å². The maximum atomic E-state index is 10.8. The van der Waals surface area contributed by atoms with Crippen LogP contribution in [-0.2, 0) is 9.59 Å². The molecule has 64 valence electrons. The van der Waals surface area contributed by atoms with Gasteiger partial charge in [-0.2, -0.15) is 0 Å². The highest BCUT2D eigenvalue weighted by Gasteiger charge is 2.14. The largest absolute Gasteiger partial charge is 0.359 e. The van der Waals surface area contributed by atoms with Gasteiger partial charge in [0.2, 0.25) is 5.91 Å². The summed E-state index contributed by atoms with van der Waals surface area (Å²) < 4.78 is 0. The van der Waals surface area contributed by atoms with E-state index in [1.165, 1.54) is 6.92 Å². The molecule has 0 saturated heterocycles. The van der Waals surface area contributed by atoms with Crippen molar-refractivity contribution in [3.05, 3.63) is 0 Å². The summed E-state index contributed by atoms with van der Waals surface area (Å²) in [5, 5.41) is 2.49. The number of nitrogens with one attached hydrogen (secondary N) is 1. The van der Waals surface area contributed by atoms with E-state index < -0.39 is 0 Å². The maximum absolute atomic E-state index is 10.8. The fourth-order valence-corrected chi connectivity index (χ4v) is 0.901. The van der Waals surface area contributed by atoms with E-state index in [4.69, 9.17) is 0 Å². The fraction of sp³-hybridized carbons (Fsp3) is 0.750. The number of hydrogen-bond acceptors (Lipinski definition) is 2. The minimum atomic E-state index is -0.102. The van der Waals surface area contributed by atoms with E-state index in [2.05, 4.69) is 5.32 Å². The molecule has 0 rings (SSSR count). The zero-order chi connectivity index (χ0) is 8.85. The molecule has 0 aromatic heterocycles. The Hall–Kier alpha value is -0.860. The molecule has 0 radical (unpaired) electrons. The first-order chi connectivity index (χ1) is 5.11. The number of carbonyl (C=O) groups is 2. The predicted octanol–water partition coefficient (Wildman–Crippen LogP) is 0.738. The Morgan fingerprint density at radius 3 is 2.27 bits per heavy atom. The molecule has 3 nitrogen and oxygen atoms in total. The van der Waals surface area contributed by atoms with Crippen LogP contribution in [0.5, 0.6) is 0 Å². The molecule has 0 fully saturated rings. The van der Waals surface area contributed by atoms with Gasteiger partial charge in [0, 0.05) is 19.4 Å². The van der Waals surface area contributed by atoms with E-state index in [-0.39, 0.29) is 17.6 Å². The molecule has 1 unspecified atom stereocenters. The van der Waals surface area contributed by atoms with Gasteiger partial charge in [-0.3, -0.25) is 9.59 Å². The first-order valence-electron chi connectivity index (χ1n) is 3.82. The third kappa shape index (κ3) is 3.75. The second kappa shape index (κ2) is 4.88. The van der Waals surface area contributed by atoms with E-state index >= 15 is 0 Å².